The Hall–Kier alpha value is -0.680. The quantitative estimate of drug-likeness (QED) is 0.235. The zero-order chi connectivity index (χ0) is 7.28. The molecule has 0 aliphatic rings. The van der Waals surface area contributed by atoms with Gasteiger partial charge in [-0.25, -0.2) is 5.84 Å². The van der Waals surface area contributed by atoms with Crippen LogP contribution in [0.2, 0.25) is 0 Å². The molecule has 0 aromatic carbocycles. The van der Waals surface area contributed by atoms with Gasteiger partial charge >= 0.3 is 0 Å². The van der Waals surface area contributed by atoms with Crippen molar-refractivity contribution in [3.63, 3.8) is 0 Å². The Kier molecular flexibility index (Phi) is 3.90. The molecule has 0 bridgehead atoms. The second kappa shape index (κ2) is 4.22. The summed E-state index contributed by atoms with van der Waals surface area (Å²) in [4.78, 5) is 0.420. The summed E-state index contributed by atoms with van der Waals surface area (Å²) in [5.74, 6) is 4.96. The van der Waals surface area contributed by atoms with Crippen molar-refractivity contribution in [1.29, 1.82) is 0 Å². The zero-order valence-corrected chi connectivity index (χ0v) is 6.27. The van der Waals surface area contributed by atoms with E-state index >= 15 is 0 Å². The largest absolute Gasteiger partial charge is 0.313 e. The molecule has 0 aliphatic heterocycles. The first kappa shape index (κ1) is 8.32. The van der Waals surface area contributed by atoms with Gasteiger partial charge in [-0.05, 0) is 0 Å². The van der Waals surface area contributed by atoms with E-state index < -0.39 is 0 Å². The molecule has 0 rings (SSSR count). The molecule has 3 N–H and O–H groups in total. The SMILES string of the molecule is CN(C)/N=C/C(=S)NN. The van der Waals surface area contributed by atoms with E-state index in [-0.39, 0.29) is 0 Å². The van der Waals surface area contributed by atoms with Crippen molar-refractivity contribution in [2.24, 2.45) is 10.9 Å². The van der Waals surface area contributed by atoms with Crippen LogP contribution in [0, 0.1) is 0 Å². The first-order chi connectivity index (χ1) is 4.16. The number of nitrogens with zero attached hydrogens (tertiary/aromatic N) is 2. The number of nitrogens with one attached hydrogen (secondary N) is 1. The third-order valence-corrected chi connectivity index (χ3v) is 0.771. The molecule has 0 unspecified atom stereocenters. The van der Waals surface area contributed by atoms with E-state index in [4.69, 9.17) is 5.84 Å². The van der Waals surface area contributed by atoms with Gasteiger partial charge in [0.1, 0.15) is 4.99 Å². The number of hydrazine groups is 1. The lowest BCUT2D eigenvalue weighted by atomic mass is 10.7. The molecule has 0 aliphatic carbocycles. The normalized spacial score (nSPS) is 9.67. The predicted octanol–water partition coefficient (Wildman–Crippen LogP) is -0.675. The highest BCUT2D eigenvalue weighted by Gasteiger charge is 1.82. The molecule has 5 heteroatoms. The van der Waals surface area contributed by atoms with Crippen LogP contribution < -0.4 is 11.3 Å². The third-order valence-electron chi connectivity index (χ3n) is 0.548. The maximum absolute atomic E-state index is 4.96. The molecular formula is C4H10N4S. The minimum Gasteiger partial charge on any atom is -0.313 e. The lowest BCUT2D eigenvalue weighted by molar-refractivity contribution is 0.441. The molecule has 0 radical (unpaired) electrons. The number of rotatable bonds is 2. The van der Waals surface area contributed by atoms with E-state index in [2.05, 4.69) is 22.7 Å². The Morgan fingerprint density at radius 1 is 1.78 bits per heavy atom. The van der Waals surface area contributed by atoms with Crippen LogP contribution in [0.15, 0.2) is 5.10 Å². The van der Waals surface area contributed by atoms with Crippen molar-refractivity contribution < 1.29 is 0 Å². The number of nitrogens with two attached hydrogens (primary N) is 1. The van der Waals surface area contributed by atoms with Crippen molar-refractivity contribution in [3.05, 3.63) is 0 Å². The summed E-state index contributed by atoms with van der Waals surface area (Å²) >= 11 is 4.66. The van der Waals surface area contributed by atoms with Crippen LogP contribution in [0.4, 0.5) is 0 Å². The van der Waals surface area contributed by atoms with Crippen LogP contribution in [0.3, 0.4) is 0 Å². The first-order valence-electron chi connectivity index (χ1n) is 2.38. The number of thiocarbonyl (C=S) groups is 1. The summed E-state index contributed by atoms with van der Waals surface area (Å²) in [5.41, 5.74) is 2.28. The van der Waals surface area contributed by atoms with Crippen molar-refractivity contribution in [2.75, 3.05) is 14.1 Å². The predicted molar refractivity (Wildman–Crippen MR) is 42.1 cm³/mol. The lowest BCUT2D eigenvalue weighted by Crippen LogP contribution is -2.29. The molecule has 4 nitrogen and oxygen atoms in total. The van der Waals surface area contributed by atoms with Crippen molar-refractivity contribution >= 4 is 23.4 Å². The van der Waals surface area contributed by atoms with Crippen molar-refractivity contribution in [2.45, 2.75) is 0 Å². The summed E-state index contributed by atoms with van der Waals surface area (Å²) < 4.78 is 0. The molecule has 0 fully saturated rings. The molecule has 0 amide bonds. The van der Waals surface area contributed by atoms with Gasteiger partial charge in [0.05, 0.1) is 6.21 Å². The highest BCUT2D eigenvalue weighted by molar-refractivity contribution is 7.81. The third kappa shape index (κ3) is 5.19. The minimum atomic E-state index is 0.420. The highest BCUT2D eigenvalue weighted by Crippen LogP contribution is 1.71. The van der Waals surface area contributed by atoms with Gasteiger partial charge in [0.15, 0.2) is 0 Å². The molecule has 0 atom stereocenters. The first-order valence-corrected chi connectivity index (χ1v) is 2.79. The van der Waals surface area contributed by atoms with Crippen LogP contribution in [-0.4, -0.2) is 30.3 Å². The fourth-order valence-corrected chi connectivity index (χ4v) is 0.252. The van der Waals surface area contributed by atoms with Crippen LogP contribution in [0.25, 0.3) is 0 Å². The number of hydrogen-bond donors (Lipinski definition) is 2. The molecule has 0 spiro atoms. The van der Waals surface area contributed by atoms with Crippen molar-refractivity contribution in [1.82, 2.24) is 10.4 Å². The van der Waals surface area contributed by atoms with Gasteiger partial charge in [0.25, 0.3) is 0 Å². The fourth-order valence-electron chi connectivity index (χ4n) is 0.205. The van der Waals surface area contributed by atoms with Crippen LogP contribution in [-0.2, 0) is 0 Å². The topological polar surface area (TPSA) is 53.6 Å². The monoisotopic (exact) mass is 146 g/mol. The standard InChI is InChI=1S/C4H10N4S/c1-8(2)6-3-4(9)7-5/h3H,5H2,1-2H3,(H,7,9)/b6-3+. The Labute approximate surface area is 59.7 Å². The smallest absolute Gasteiger partial charge is 0.133 e. The van der Waals surface area contributed by atoms with E-state index in [1.807, 2.05) is 0 Å². The van der Waals surface area contributed by atoms with Crippen LogP contribution >= 0.6 is 12.2 Å². The van der Waals surface area contributed by atoms with Gasteiger partial charge in [-0.1, -0.05) is 12.2 Å². The Morgan fingerprint density at radius 2 is 2.33 bits per heavy atom. The molecule has 52 valence electrons. The summed E-state index contributed by atoms with van der Waals surface area (Å²) in [6.07, 6.45) is 1.47. The number of hydrogen-bond acceptors (Lipinski definition) is 4. The van der Waals surface area contributed by atoms with Gasteiger partial charge in [-0.2, -0.15) is 5.10 Å². The minimum absolute atomic E-state index is 0.420. The van der Waals surface area contributed by atoms with Gasteiger partial charge in [0.2, 0.25) is 0 Å². The molecule has 0 heterocycles. The summed E-state index contributed by atoms with van der Waals surface area (Å²) in [6, 6.07) is 0. The van der Waals surface area contributed by atoms with Gasteiger partial charge in [0, 0.05) is 14.1 Å². The van der Waals surface area contributed by atoms with E-state index in [1.54, 1.807) is 19.1 Å². The average molecular weight is 146 g/mol. The van der Waals surface area contributed by atoms with E-state index in [1.165, 1.54) is 6.21 Å². The average Bonchev–Trinajstić information content (AvgIpc) is 1.83. The molecule has 0 saturated heterocycles. The molecule has 9 heavy (non-hydrogen) atoms. The molecule has 0 saturated carbocycles. The Bertz CT molecular complexity index is 120. The Balaban J connectivity index is 3.57. The van der Waals surface area contributed by atoms with Gasteiger partial charge in [-0.3, -0.25) is 0 Å². The van der Waals surface area contributed by atoms with Gasteiger partial charge in [-0.15, -0.1) is 0 Å². The maximum Gasteiger partial charge on any atom is 0.133 e. The second-order valence-corrected chi connectivity index (χ2v) is 2.04. The van der Waals surface area contributed by atoms with E-state index in [0.29, 0.717) is 4.99 Å². The van der Waals surface area contributed by atoms with Gasteiger partial charge < -0.3 is 10.4 Å². The molecule has 0 aromatic heterocycles. The lowest BCUT2D eigenvalue weighted by Gasteiger charge is -2.01. The van der Waals surface area contributed by atoms with Crippen LogP contribution in [0.5, 0.6) is 0 Å². The Morgan fingerprint density at radius 3 is 2.67 bits per heavy atom. The number of hydrazone groups is 1. The maximum atomic E-state index is 4.96. The fraction of sp³-hybridized carbons (Fsp3) is 0.500. The highest BCUT2D eigenvalue weighted by atomic mass is 32.1. The summed E-state index contributed by atoms with van der Waals surface area (Å²) in [7, 11) is 3.60. The van der Waals surface area contributed by atoms with Crippen LogP contribution in [0.1, 0.15) is 0 Å². The zero-order valence-electron chi connectivity index (χ0n) is 5.46. The summed E-state index contributed by atoms with van der Waals surface area (Å²) in [6.45, 7) is 0. The second-order valence-electron chi connectivity index (χ2n) is 1.60. The molecular weight excluding hydrogens is 136 g/mol. The summed E-state index contributed by atoms with van der Waals surface area (Å²) in [5, 5.41) is 5.45. The van der Waals surface area contributed by atoms with E-state index in [0.717, 1.165) is 0 Å². The molecule has 0 aromatic rings. The van der Waals surface area contributed by atoms with E-state index in [9.17, 15) is 0 Å². The van der Waals surface area contributed by atoms with Crippen molar-refractivity contribution in [3.8, 4) is 0 Å².